The Morgan fingerprint density at radius 1 is 1.83 bits per heavy atom. The van der Waals surface area contributed by atoms with Gasteiger partial charge in [-0.05, 0) is 19.9 Å². The first-order chi connectivity index (χ1) is 5.74. The van der Waals surface area contributed by atoms with Gasteiger partial charge in [0.1, 0.15) is 0 Å². The maximum Gasteiger partial charge on any atom is 0.219 e. The molecule has 1 rings (SSSR count). The summed E-state index contributed by atoms with van der Waals surface area (Å²) in [5.41, 5.74) is 5.10. The van der Waals surface area contributed by atoms with Crippen molar-refractivity contribution in [2.24, 2.45) is 5.73 Å². The van der Waals surface area contributed by atoms with Crippen LogP contribution in [0.2, 0.25) is 0 Å². The first-order valence-corrected chi connectivity index (χ1v) is 4.31. The molecule has 0 aromatic heterocycles. The molecule has 0 aromatic rings. The Morgan fingerprint density at radius 3 is 3.00 bits per heavy atom. The first-order valence-electron chi connectivity index (χ1n) is 4.31. The fraction of sp³-hybridized carbons (Fsp3) is 0.875. The van der Waals surface area contributed by atoms with Crippen LogP contribution in [0.5, 0.6) is 0 Å². The largest absolute Gasteiger partial charge is 0.377 e. The summed E-state index contributed by atoms with van der Waals surface area (Å²) >= 11 is 0. The van der Waals surface area contributed by atoms with E-state index < -0.39 is 0 Å². The summed E-state index contributed by atoms with van der Waals surface area (Å²) in [6.45, 7) is 0.807. The molecule has 1 fully saturated rings. The highest BCUT2D eigenvalue weighted by atomic mass is 16.5. The molecule has 70 valence electrons. The Hall–Kier alpha value is -0.610. The van der Waals surface area contributed by atoms with Crippen molar-refractivity contribution in [1.29, 1.82) is 0 Å². The van der Waals surface area contributed by atoms with E-state index in [-0.39, 0.29) is 18.1 Å². The summed E-state index contributed by atoms with van der Waals surface area (Å²) in [5, 5.41) is 3.05. The van der Waals surface area contributed by atoms with Crippen molar-refractivity contribution in [3.8, 4) is 0 Å². The van der Waals surface area contributed by atoms with Crippen LogP contribution >= 0.6 is 0 Å². The zero-order chi connectivity index (χ0) is 8.97. The molecule has 1 saturated heterocycles. The second kappa shape index (κ2) is 4.42. The minimum absolute atomic E-state index is 0.0880. The third-order valence-corrected chi connectivity index (χ3v) is 2.21. The van der Waals surface area contributed by atoms with Gasteiger partial charge in [0.2, 0.25) is 5.91 Å². The maximum atomic E-state index is 10.7. The van der Waals surface area contributed by atoms with Gasteiger partial charge in [0.15, 0.2) is 0 Å². The molecule has 0 bridgehead atoms. The second-order valence-electron chi connectivity index (χ2n) is 3.12. The number of ether oxygens (including phenoxy) is 1. The van der Waals surface area contributed by atoms with Crippen molar-refractivity contribution >= 4 is 5.91 Å². The van der Waals surface area contributed by atoms with Crippen LogP contribution in [0.25, 0.3) is 0 Å². The summed E-state index contributed by atoms with van der Waals surface area (Å²) in [7, 11) is 1.83. The molecule has 2 unspecified atom stereocenters. The van der Waals surface area contributed by atoms with Crippen molar-refractivity contribution in [2.75, 3.05) is 13.7 Å². The number of carbonyl (C=O) groups is 1. The summed E-state index contributed by atoms with van der Waals surface area (Å²) < 4.78 is 5.44. The Morgan fingerprint density at radius 2 is 2.58 bits per heavy atom. The van der Waals surface area contributed by atoms with Gasteiger partial charge in [-0.15, -0.1) is 0 Å². The van der Waals surface area contributed by atoms with Crippen LogP contribution in [0.15, 0.2) is 0 Å². The Balaban J connectivity index is 2.37. The minimum Gasteiger partial charge on any atom is -0.377 e. The van der Waals surface area contributed by atoms with Crippen LogP contribution in [0.1, 0.15) is 19.3 Å². The fourth-order valence-electron chi connectivity index (χ4n) is 1.56. The molecular weight excluding hydrogens is 156 g/mol. The molecule has 4 nitrogen and oxygen atoms in total. The molecule has 12 heavy (non-hydrogen) atoms. The number of hydrogen-bond donors (Lipinski definition) is 2. The van der Waals surface area contributed by atoms with E-state index >= 15 is 0 Å². The van der Waals surface area contributed by atoms with Gasteiger partial charge in [-0.1, -0.05) is 0 Å². The van der Waals surface area contributed by atoms with E-state index in [4.69, 9.17) is 10.5 Å². The highest BCUT2D eigenvalue weighted by molar-refractivity contribution is 5.74. The van der Waals surface area contributed by atoms with Gasteiger partial charge in [-0.3, -0.25) is 4.79 Å². The smallest absolute Gasteiger partial charge is 0.219 e. The number of hydrogen-bond acceptors (Lipinski definition) is 3. The number of rotatable bonds is 4. The molecule has 0 aromatic carbocycles. The van der Waals surface area contributed by atoms with Crippen molar-refractivity contribution in [2.45, 2.75) is 31.4 Å². The molecule has 0 aliphatic carbocycles. The molecule has 1 aliphatic heterocycles. The number of amides is 1. The summed E-state index contributed by atoms with van der Waals surface area (Å²) in [4.78, 5) is 10.7. The van der Waals surface area contributed by atoms with Crippen molar-refractivity contribution in [3.05, 3.63) is 0 Å². The quantitative estimate of drug-likeness (QED) is 0.608. The van der Waals surface area contributed by atoms with Crippen LogP contribution in [-0.2, 0) is 9.53 Å². The normalized spacial score (nSPS) is 25.6. The van der Waals surface area contributed by atoms with E-state index in [0.717, 1.165) is 19.4 Å². The van der Waals surface area contributed by atoms with E-state index in [9.17, 15) is 4.79 Å². The number of primary amides is 1. The molecule has 1 aliphatic rings. The van der Waals surface area contributed by atoms with Crippen molar-refractivity contribution in [1.82, 2.24) is 5.32 Å². The average molecular weight is 172 g/mol. The minimum atomic E-state index is -0.273. The van der Waals surface area contributed by atoms with Gasteiger partial charge in [-0.2, -0.15) is 0 Å². The lowest BCUT2D eigenvalue weighted by molar-refractivity contribution is -0.119. The van der Waals surface area contributed by atoms with Gasteiger partial charge in [-0.25, -0.2) is 0 Å². The third kappa shape index (κ3) is 2.46. The zero-order valence-electron chi connectivity index (χ0n) is 7.38. The topological polar surface area (TPSA) is 64.3 Å². The molecule has 0 saturated carbocycles. The van der Waals surface area contributed by atoms with Crippen LogP contribution in [0, 0.1) is 0 Å². The molecule has 1 heterocycles. The lowest BCUT2D eigenvalue weighted by Gasteiger charge is -2.20. The lowest BCUT2D eigenvalue weighted by atomic mass is 10.0. The van der Waals surface area contributed by atoms with Crippen LogP contribution in [-0.4, -0.2) is 31.7 Å². The van der Waals surface area contributed by atoms with E-state index in [1.165, 1.54) is 0 Å². The summed E-state index contributed by atoms with van der Waals surface area (Å²) in [5.74, 6) is -0.273. The second-order valence-corrected chi connectivity index (χ2v) is 3.12. The van der Waals surface area contributed by atoms with Crippen LogP contribution in [0.3, 0.4) is 0 Å². The average Bonchev–Trinajstić information content (AvgIpc) is 2.51. The molecule has 4 heteroatoms. The maximum absolute atomic E-state index is 10.7. The van der Waals surface area contributed by atoms with Gasteiger partial charge in [0.25, 0.3) is 0 Å². The van der Waals surface area contributed by atoms with Crippen LogP contribution < -0.4 is 11.1 Å². The van der Waals surface area contributed by atoms with E-state index in [1.54, 1.807) is 0 Å². The number of nitrogens with two attached hydrogens (primary N) is 1. The zero-order valence-corrected chi connectivity index (χ0v) is 7.38. The molecule has 3 N–H and O–H groups in total. The Kier molecular flexibility index (Phi) is 3.49. The van der Waals surface area contributed by atoms with Crippen molar-refractivity contribution < 1.29 is 9.53 Å². The molecule has 0 spiro atoms. The van der Waals surface area contributed by atoms with Gasteiger partial charge in [0, 0.05) is 19.1 Å². The van der Waals surface area contributed by atoms with Gasteiger partial charge < -0.3 is 15.8 Å². The number of carbonyl (C=O) groups excluding carboxylic acids is 1. The Bertz CT molecular complexity index is 155. The number of nitrogens with one attached hydrogen (secondary N) is 1. The third-order valence-electron chi connectivity index (χ3n) is 2.21. The highest BCUT2D eigenvalue weighted by Gasteiger charge is 2.25. The predicted octanol–water partition coefficient (Wildman–Crippen LogP) is -0.371. The summed E-state index contributed by atoms with van der Waals surface area (Å²) in [6, 6.07) is 0.0880. The molecule has 2 atom stereocenters. The monoisotopic (exact) mass is 172 g/mol. The van der Waals surface area contributed by atoms with Gasteiger partial charge in [0.05, 0.1) is 6.10 Å². The predicted molar refractivity (Wildman–Crippen MR) is 45.6 cm³/mol. The van der Waals surface area contributed by atoms with E-state index in [2.05, 4.69) is 5.32 Å². The van der Waals surface area contributed by atoms with Crippen LogP contribution in [0.4, 0.5) is 0 Å². The highest BCUT2D eigenvalue weighted by Crippen LogP contribution is 2.16. The Labute approximate surface area is 72.5 Å². The fourth-order valence-corrected chi connectivity index (χ4v) is 1.56. The van der Waals surface area contributed by atoms with Crippen molar-refractivity contribution in [3.63, 3.8) is 0 Å². The lowest BCUT2D eigenvalue weighted by Crippen LogP contribution is -2.40. The van der Waals surface area contributed by atoms with E-state index in [1.807, 2.05) is 7.05 Å². The number of likely N-dealkylation sites (N-methyl/N-ethyl adjacent to an activating group) is 1. The SMILES string of the molecule is CNC(CC(N)=O)C1CCCO1. The molecule has 1 amide bonds. The first kappa shape index (κ1) is 9.48. The standard InChI is InChI=1S/C8H16N2O2/c1-10-6(5-8(9)11)7-3-2-4-12-7/h6-7,10H,2-5H2,1H3,(H2,9,11). The summed E-state index contributed by atoms with van der Waals surface area (Å²) in [6.07, 6.45) is 2.64. The van der Waals surface area contributed by atoms with Gasteiger partial charge >= 0.3 is 0 Å². The molecule has 0 radical (unpaired) electrons. The molecular formula is C8H16N2O2. The van der Waals surface area contributed by atoms with E-state index in [0.29, 0.717) is 6.42 Å².